The molecule has 0 radical (unpaired) electrons. The van der Waals surface area contributed by atoms with Crippen molar-refractivity contribution in [3.63, 3.8) is 0 Å². The predicted molar refractivity (Wildman–Crippen MR) is 69.9 cm³/mol. The highest BCUT2D eigenvalue weighted by Gasteiger charge is 2.48. The van der Waals surface area contributed by atoms with Crippen LogP contribution in [-0.4, -0.2) is 42.8 Å². The van der Waals surface area contributed by atoms with Gasteiger partial charge in [0.25, 0.3) is 0 Å². The van der Waals surface area contributed by atoms with E-state index in [1.807, 2.05) is 0 Å². The fourth-order valence-electron chi connectivity index (χ4n) is 3.18. The van der Waals surface area contributed by atoms with Crippen LogP contribution in [0.15, 0.2) is 0 Å². The molecule has 0 amide bonds. The lowest BCUT2D eigenvalue weighted by Gasteiger charge is -2.49. The van der Waals surface area contributed by atoms with E-state index < -0.39 is 0 Å². The Bertz CT molecular complexity index is 255. The van der Waals surface area contributed by atoms with Crippen molar-refractivity contribution in [1.82, 2.24) is 10.2 Å². The van der Waals surface area contributed by atoms with Crippen molar-refractivity contribution in [2.45, 2.75) is 51.6 Å². The Kier molecular flexibility index (Phi) is 4.09. The number of hydrogen-bond donors (Lipinski definition) is 1. The third kappa shape index (κ3) is 2.65. The Hall–Kier alpha value is -0.150. The zero-order valence-electron chi connectivity index (χ0n) is 11.5. The maximum Gasteiger partial charge on any atom is 0.102 e. The van der Waals surface area contributed by atoms with Crippen LogP contribution in [0.5, 0.6) is 0 Å². The zero-order chi connectivity index (χ0) is 12.5. The number of halogens is 1. The Balaban J connectivity index is 2.02. The van der Waals surface area contributed by atoms with E-state index in [9.17, 15) is 4.39 Å². The molecule has 0 aromatic carbocycles. The van der Waals surface area contributed by atoms with Crippen molar-refractivity contribution < 1.29 is 4.39 Å². The molecule has 17 heavy (non-hydrogen) atoms. The third-order valence-electron chi connectivity index (χ3n) is 5.00. The van der Waals surface area contributed by atoms with Crippen LogP contribution in [0.2, 0.25) is 0 Å². The summed E-state index contributed by atoms with van der Waals surface area (Å²) in [6.07, 6.45) is 3.85. The number of nitrogens with one attached hydrogen (secondary N) is 1. The molecule has 1 aliphatic carbocycles. The molecule has 3 atom stereocenters. The van der Waals surface area contributed by atoms with Crippen molar-refractivity contribution in [2.24, 2.45) is 11.8 Å². The lowest BCUT2D eigenvalue weighted by molar-refractivity contribution is 0.0193. The summed E-state index contributed by atoms with van der Waals surface area (Å²) in [4.78, 5) is 2.41. The van der Waals surface area contributed by atoms with E-state index in [0.717, 1.165) is 19.0 Å². The van der Waals surface area contributed by atoms with Crippen molar-refractivity contribution in [3.8, 4) is 0 Å². The van der Waals surface area contributed by atoms with Crippen LogP contribution < -0.4 is 5.32 Å². The maximum atomic E-state index is 12.8. The lowest BCUT2D eigenvalue weighted by Crippen LogP contribution is -2.65. The highest BCUT2D eigenvalue weighted by molar-refractivity contribution is 5.05. The molecule has 1 heterocycles. The van der Waals surface area contributed by atoms with Gasteiger partial charge >= 0.3 is 0 Å². The van der Waals surface area contributed by atoms with E-state index in [-0.39, 0.29) is 12.2 Å². The first kappa shape index (κ1) is 13.3. The van der Waals surface area contributed by atoms with Crippen molar-refractivity contribution >= 4 is 0 Å². The molecule has 100 valence electrons. The van der Waals surface area contributed by atoms with Crippen LogP contribution in [0.3, 0.4) is 0 Å². The summed E-state index contributed by atoms with van der Waals surface area (Å²) >= 11 is 0. The molecule has 1 saturated carbocycles. The summed E-state index contributed by atoms with van der Waals surface area (Å²) in [7, 11) is 0. The minimum Gasteiger partial charge on any atom is -0.311 e. The number of alkyl halides is 1. The Labute approximate surface area is 105 Å². The summed E-state index contributed by atoms with van der Waals surface area (Å²) < 4.78 is 12.8. The zero-order valence-corrected chi connectivity index (χ0v) is 11.5. The van der Waals surface area contributed by atoms with E-state index >= 15 is 0 Å². The van der Waals surface area contributed by atoms with E-state index in [2.05, 4.69) is 31.0 Å². The van der Waals surface area contributed by atoms with Crippen LogP contribution in [0.4, 0.5) is 4.39 Å². The Morgan fingerprint density at radius 1 is 1.47 bits per heavy atom. The van der Waals surface area contributed by atoms with E-state index in [4.69, 9.17) is 0 Å². The molecule has 2 aliphatic rings. The van der Waals surface area contributed by atoms with Crippen LogP contribution in [0, 0.1) is 11.8 Å². The molecule has 0 spiro atoms. The smallest absolute Gasteiger partial charge is 0.102 e. The lowest BCUT2D eigenvalue weighted by atomic mass is 9.86. The van der Waals surface area contributed by atoms with Gasteiger partial charge in [0, 0.05) is 31.2 Å². The normalized spacial score (nSPS) is 37.1. The van der Waals surface area contributed by atoms with Crippen LogP contribution >= 0.6 is 0 Å². The minimum atomic E-state index is -0.213. The Morgan fingerprint density at radius 3 is 2.71 bits per heavy atom. The maximum absolute atomic E-state index is 12.8. The SMILES string of the molecule is CCC(C)C1CN(CCF)C(C)(C2CC2)CN1. The standard InChI is InChI=1S/C14H27FN2/c1-4-11(2)13-9-17(8-7-15)14(3,10-16-13)12-5-6-12/h11-13,16H,4-10H2,1-3H3. The molecule has 1 saturated heterocycles. The van der Waals surface area contributed by atoms with Gasteiger partial charge < -0.3 is 5.32 Å². The monoisotopic (exact) mass is 242 g/mol. The fourth-order valence-corrected chi connectivity index (χ4v) is 3.18. The number of nitrogens with zero attached hydrogens (tertiary/aromatic N) is 1. The molecule has 2 fully saturated rings. The predicted octanol–water partition coefficient (Wildman–Crippen LogP) is 2.44. The highest BCUT2D eigenvalue weighted by atomic mass is 19.1. The molecule has 3 heteroatoms. The van der Waals surface area contributed by atoms with Crippen molar-refractivity contribution in [2.75, 3.05) is 26.3 Å². The Morgan fingerprint density at radius 2 is 2.18 bits per heavy atom. The van der Waals surface area contributed by atoms with Gasteiger partial charge in [0.1, 0.15) is 6.67 Å². The van der Waals surface area contributed by atoms with Gasteiger partial charge in [0.2, 0.25) is 0 Å². The average Bonchev–Trinajstić information content (AvgIpc) is 3.15. The number of rotatable bonds is 5. The van der Waals surface area contributed by atoms with Crippen LogP contribution in [0.1, 0.15) is 40.0 Å². The van der Waals surface area contributed by atoms with Gasteiger partial charge in [-0.2, -0.15) is 0 Å². The van der Waals surface area contributed by atoms with Gasteiger partial charge in [-0.25, -0.2) is 4.39 Å². The third-order valence-corrected chi connectivity index (χ3v) is 5.00. The highest BCUT2D eigenvalue weighted by Crippen LogP contribution is 2.44. The molecule has 0 bridgehead atoms. The molecule has 0 aromatic rings. The van der Waals surface area contributed by atoms with Crippen LogP contribution in [-0.2, 0) is 0 Å². The van der Waals surface area contributed by atoms with Crippen molar-refractivity contribution in [1.29, 1.82) is 0 Å². The minimum absolute atomic E-state index is 0.204. The summed E-state index contributed by atoms with van der Waals surface area (Å²) in [5.41, 5.74) is 0.204. The van der Waals surface area contributed by atoms with Gasteiger partial charge in [-0.3, -0.25) is 4.90 Å². The van der Waals surface area contributed by atoms with Crippen molar-refractivity contribution in [3.05, 3.63) is 0 Å². The molecule has 2 nitrogen and oxygen atoms in total. The largest absolute Gasteiger partial charge is 0.311 e. The van der Waals surface area contributed by atoms with Gasteiger partial charge in [-0.15, -0.1) is 0 Å². The fraction of sp³-hybridized carbons (Fsp3) is 1.00. The molecule has 0 aromatic heterocycles. The number of hydrogen-bond acceptors (Lipinski definition) is 2. The topological polar surface area (TPSA) is 15.3 Å². The molecule has 1 aliphatic heterocycles. The second kappa shape index (κ2) is 5.23. The molecule has 2 rings (SSSR count). The van der Waals surface area contributed by atoms with Gasteiger partial charge in [0.05, 0.1) is 0 Å². The molecular formula is C14H27FN2. The quantitative estimate of drug-likeness (QED) is 0.796. The summed E-state index contributed by atoms with van der Waals surface area (Å²) in [5, 5.41) is 3.71. The van der Waals surface area contributed by atoms with Gasteiger partial charge in [-0.1, -0.05) is 20.3 Å². The first-order valence-corrected chi connectivity index (χ1v) is 7.16. The van der Waals surface area contributed by atoms with E-state index in [1.165, 1.54) is 19.3 Å². The second-order valence-electron chi connectivity index (χ2n) is 6.14. The average molecular weight is 242 g/mol. The van der Waals surface area contributed by atoms with Crippen LogP contribution in [0.25, 0.3) is 0 Å². The van der Waals surface area contributed by atoms with Gasteiger partial charge in [-0.05, 0) is 31.6 Å². The second-order valence-corrected chi connectivity index (χ2v) is 6.14. The molecule has 3 unspecified atom stereocenters. The van der Waals surface area contributed by atoms with E-state index in [0.29, 0.717) is 18.5 Å². The molecular weight excluding hydrogens is 215 g/mol. The first-order chi connectivity index (χ1) is 8.11. The summed E-state index contributed by atoms with van der Waals surface area (Å²) in [6, 6.07) is 0.540. The van der Waals surface area contributed by atoms with Gasteiger partial charge in [0.15, 0.2) is 0 Å². The summed E-state index contributed by atoms with van der Waals surface area (Å²) in [6.45, 7) is 9.31. The van der Waals surface area contributed by atoms with E-state index in [1.54, 1.807) is 0 Å². The molecule has 1 N–H and O–H groups in total. The number of piperazine rings is 1. The first-order valence-electron chi connectivity index (χ1n) is 7.16. The summed E-state index contributed by atoms with van der Waals surface area (Å²) in [5.74, 6) is 1.47.